The van der Waals surface area contributed by atoms with Crippen molar-refractivity contribution in [1.82, 2.24) is 0 Å². The maximum absolute atomic E-state index is 12.6. The molecular weight excluding hydrogens is 372 g/mol. The molecule has 3 rings (SSSR count). The number of ether oxygens (including phenoxy) is 1. The number of aryl methyl sites for hydroxylation is 1. The zero-order valence-corrected chi connectivity index (χ0v) is 16.6. The third-order valence-electron chi connectivity index (χ3n) is 4.31. The zero-order valence-electron chi connectivity index (χ0n) is 15.0. The summed E-state index contributed by atoms with van der Waals surface area (Å²) in [7, 11) is -2.00. The van der Waals surface area contributed by atoms with Crippen LogP contribution in [0.25, 0.3) is 0 Å². The van der Waals surface area contributed by atoms with Gasteiger partial charge in [-0.15, -0.1) is 11.3 Å². The van der Waals surface area contributed by atoms with Gasteiger partial charge in [-0.3, -0.25) is 9.52 Å². The molecule has 1 aliphatic carbocycles. The molecule has 1 atom stereocenters. The number of rotatable bonds is 5. The highest BCUT2D eigenvalue weighted by atomic mass is 32.2. The first-order valence-corrected chi connectivity index (χ1v) is 11.0. The number of fused-ring (bicyclic) bond motifs is 1. The maximum atomic E-state index is 12.6. The van der Waals surface area contributed by atoms with Crippen molar-refractivity contribution < 1.29 is 17.9 Å². The summed E-state index contributed by atoms with van der Waals surface area (Å²) in [5.74, 6) is 0.848. The number of amides is 1. The number of carbonyl (C=O) groups is 1. The van der Waals surface area contributed by atoms with Gasteiger partial charge in [0.1, 0.15) is 5.75 Å². The quantitative estimate of drug-likeness (QED) is 0.813. The summed E-state index contributed by atoms with van der Waals surface area (Å²) in [5.41, 5.74) is 2.06. The Morgan fingerprint density at radius 2 is 2.08 bits per heavy atom. The Balaban J connectivity index is 1.80. The molecule has 0 bridgehead atoms. The van der Waals surface area contributed by atoms with Gasteiger partial charge in [0, 0.05) is 10.6 Å². The van der Waals surface area contributed by atoms with Gasteiger partial charge < -0.3 is 10.1 Å². The first-order valence-electron chi connectivity index (χ1n) is 8.34. The molecule has 1 aliphatic rings. The number of anilines is 2. The van der Waals surface area contributed by atoms with Gasteiger partial charge in [0.25, 0.3) is 5.91 Å². The highest BCUT2D eigenvalue weighted by Gasteiger charge is 2.21. The molecule has 0 saturated heterocycles. The standard InChI is InChI=1S/C18H22N2O4S2/c1-11-4-7-16-12(8-11)9-17(25-16)18(21)19-13-5-6-15(24-2)14(10-13)20-26(3,22)23/h5-6,9-11,20H,4,7-8H2,1-3H3,(H,19,21). The van der Waals surface area contributed by atoms with Gasteiger partial charge in [-0.25, -0.2) is 8.42 Å². The molecule has 1 heterocycles. The van der Waals surface area contributed by atoms with Crippen LogP contribution in [0.1, 0.15) is 33.5 Å². The van der Waals surface area contributed by atoms with Crippen LogP contribution in [-0.2, 0) is 22.9 Å². The molecule has 1 aromatic carbocycles. The second-order valence-corrected chi connectivity index (χ2v) is 9.54. The van der Waals surface area contributed by atoms with Crippen LogP contribution in [0, 0.1) is 5.92 Å². The van der Waals surface area contributed by atoms with E-state index in [-0.39, 0.29) is 11.6 Å². The Morgan fingerprint density at radius 1 is 1.31 bits per heavy atom. The van der Waals surface area contributed by atoms with E-state index in [2.05, 4.69) is 17.0 Å². The van der Waals surface area contributed by atoms with Gasteiger partial charge in [-0.05, 0) is 55.0 Å². The smallest absolute Gasteiger partial charge is 0.265 e. The van der Waals surface area contributed by atoms with E-state index >= 15 is 0 Å². The molecule has 6 nitrogen and oxygen atoms in total. The lowest BCUT2D eigenvalue weighted by atomic mass is 9.90. The lowest BCUT2D eigenvalue weighted by Crippen LogP contribution is -2.13. The van der Waals surface area contributed by atoms with E-state index in [0.717, 1.165) is 25.5 Å². The van der Waals surface area contributed by atoms with Crippen LogP contribution in [0.3, 0.4) is 0 Å². The molecule has 2 N–H and O–H groups in total. The number of hydrogen-bond acceptors (Lipinski definition) is 5. The van der Waals surface area contributed by atoms with Gasteiger partial charge in [-0.2, -0.15) is 0 Å². The molecule has 26 heavy (non-hydrogen) atoms. The van der Waals surface area contributed by atoms with Crippen molar-refractivity contribution in [3.8, 4) is 5.75 Å². The van der Waals surface area contributed by atoms with E-state index in [0.29, 0.717) is 22.2 Å². The number of carbonyl (C=O) groups excluding carboxylic acids is 1. The lowest BCUT2D eigenvalue weighted by Gasteiger charge is -2.16. The largest absolute Gasteiger partial charge is 0.495 e. The Labute approximate surface area is 157 Å². The minimum absolute atomic E-state index is 0.187. The summed E-state index contributed by atoms with van der Waals surface area (Å²) in [4.78, 5) is 14.6. The number of sulfonamides is 1. The number of thiophene rings is 1. The molecule has 1 amide bonds. The van der Waals surface area contributed by atoms with Gasteiger partial charge in [0.2, 0.25) is 10.0 Å². The molecule has 2 aromatic rings. The summed E-state index contributed by atoms with van der Waals surface area (Å²) >= 11 is 1.54. The van der Waals surface area contributed by atoms with E-state index < -0.39 is 10.0 Å². The highest BCUT2D eigenvalue weighted by Crippen LogP contribution is 2.33. The van der Waals surface area contributed by atoms with Crippen molar-refractivity contribution in [2.75, 3.05) is 23.4 Å². The minimum atomic E-state index is -3.46. The van der Waals surface area contributed by atoms with Gasteiger partial charge in [0.05, 0.1) is 23.9 Å². The van der Waals surface area contributed by atoms with E-state index in [9.17, 15) is 13.2 Å². The topological polar surface area (TPSA) is 84.5 Å². The SMILES string of the molecule is COc1ccc(NC(=O)c2cc3c(s2)CCC(C)C3)cc1NS(C)(=O)=O. The average Bonchev–Trinajstić information content (AvgIpc) is 2.97. The van der Waals surface area contributed by atoms with Crippen molar-refractivity contribution in [2.24, 2.45) is 5.92 Å². The summed E-state index contributed by atoms with van der Waals surface area (Å²) in [6, 6.07) is 6.82. The molecule has 0 saturated carbocycles. The van der Waals surface area contributed by atoms with Gasteiger partial charge in [0.15, 0.2) is 0 Å². The fraction of sp³-hybridized carbons (Fsp3) is 0.389. The third kappa shape index (κ3) is 4.37. The number of nitrogens with one attached hydrogen (secondary N) is 2. The molecule has 0 radical (unpaired) electrons. The van der Waals surface area contributed by atoms with Crippen molar-refractivity contribution in [1.29, 1.82) is 0 Å². The molecule has 1 aromatic heterocycles. The van der Waals surface area contributed by atoms with E-state index in [1.165, 1.54) is 28.9 Å². The molecule has 1 unspecified atom stereocenters. The van der Waals surface area contributed by atoms with Crippen LogP contribution in [0.4, 0.5) is 11.4 Å². The van der Waals surface area contributed by atoms with Gasteiger partial charge >= 0.3 is 0 Å². The zero-order chi connectivity index (χ0) is 18.9. The molecular formula is C18H22N2O4S2. The van der Waals surface area contributed by atoms with Gasteiger partial charge in [-0.1, -0.05) is 6.92 Å². The summed E-state index contributed by atoms with van der Waals surface area (Å²) in [5, 5.41) is 2.84. The molecule has 0 fully saturated rings. The number of hydrogen-bond donors (Lipinski definition) is 2. The normalized spacial score (nSPS) is 16.7. The van der Waals surface area contributed by atoms with Crippen LogP contribution in [0.2, 0.25) is 0 Å². The highest BCUT2D eigenvalue weighted by molar-refractivity contribution is 7.92. The fourth-order valence-corrected chi connectivity index (χ4v) is 4.74. The average molecular weight is 395 g/mol. The maximum Gasteiger partial charge on any atom is 0.265 e. The number of benzene rings is 1. The molecule has 8 heteroatoms. The van der Waals surface area contributed by atoms with Crippen LogP contribution >= 0.6 is 11.3 Å². The first kappa shape index (κ1) is 18.7. The predicted molar refractivity (Wildman–Crippen MR) is 105 cm³/mol. The predicted octanol–water partition coefficient (Wildman–Crippen LogP) is 3.51. The van der Waals surface area contributed by atoms with Crippen LogP contribution < -0.4 is 14.8 Å². The first-order chi connectivity index (χ1) is 12.2. The lowest BCUT2D eigenvalue weighted by molar-refractivity contribution is 0.103. The van der Waals surface area contributed by atoms with E-state index in [1.54, 1.807) is 18.2 Å². The Bertz CT molecular complexity index is 935. The third-order valence-corrected chi connectivity index (χ3v) is 6.13. The van der Waals surface area contributed by atoms with E-state index in [1.807, 2.05) is 6.07 Å². The van der Waals surface area contributed by atoms with Crippen molar-refractivity contribution in [3.05, 3.63) is 39.6 Å². The Morgan fingerprint density at radius 3 is 2.77 bits per heavy atom. The summed E-state index contributed by atoms with van der Waals surface area (Å²) in [6.07, 6.45) is 4.27. The van der Waals surface area contributed by atoms with Crippen molar-refractivity contribution in [3.63, 3.8) is 0 Å². The second kappa shape index (κ2) is 7.28. The fourth-order valence-electron chi connectivity index (χ4n) is 3.08. The van der Waals surface area contributed by atoms with Crippen molar-refractivity contribution in [2.45, 2.75) is 26.2 Å². The second-order valence-electron chi connectivity index (χ2n) is 6.65. The summed E-state index contributed by atoms with van der Waals surface area (Å²) in [6.45, 7) is 2.23. The van der Waals surface area contributed by atoms with Crippen LogP contribution in [0.15, 0.2) is 24.3 Å². The summed E-state index contributed by atoms with van der Waals surface area (Å²) < 4.78 is 30.6. The molecule has 0 aliphatic heterocycles. The van der Waals surface area contributed by atoms with E-state index in [4.69, 9.17) is 4.74 Å². The Kier molecular flexibility index (Phi) is 5.24. The minimum Gasteiger partial charge on any atom is -0.495 e. The molecule has 0 spiro atoms. The monoisotopic (exact) mass is 394 g/mol. The molecule has 140 valence electrons. The van der Waals surface area contributed by atoms with Crippen molar-refractivity contribution >= 4 is 38.6 Å². The van der Waals surface area contributed by atoms with Crippen LogP contribution in [-0.4, -0.2) is 27.7 Å². The Hall–Kier alpha value is -2.06. The van der Waals surface area contributed by atoms with Crippen LogP contribution in [0.5, 0.6) is 5.75 Å². The number of methoxy groups -OCH3 is 1.